The molecule has 20 heavy (non-hydrogen) atoms. The highest BCUT2D eigenvalue weighted by atomic mass is 35.5. The van der Waals surface area contributed by atoms with E-state index in [0.717, 1.165) is 4.70 Å². The van der Waals surface area contributed by atoms with E-state index in [4.69, 9.17) is 23.2 Å². The van der Waals surface area contributed by atoms with Crippen LogP contribution in [0.15, 0.2) is 36.5 Å². The van der Waals surface area contributed by atoms with Crippen LogP contribution in [0.3, 0.4) is 0 Å². The van der Waals surface area contributed by atoms with Crippen LogP contribution >= 0.6 is 34.5 Å². The SMILES string of the molecule is O=C(Nc1nc2c(Cl)cccc2s1)c1cccnc1Cl. The van der Waals surface area contributed by atoms with Gasteiger partial charge in [0, 0.05) is 6.20 Å². The Bertz CT molecular complexity index is 803. The summed E-state index contributed by atoms with van der Waals surface area (Å²) in [5.41, 5.74) is 0.978. The third kappa shape index (κ3) is 2.47. The largest absolute Gasteiger partial charge is 0.298 e. The first-order chi connectivity index (χ1) is 9.65. The van der Waals surface area contributed by atoms with Gasteiger partial charge in [0.1, 0.15) is 10.7 Å². The van der Waals surface area contributed by atoms with Gasteiger partial charge in [-0.1, -0.05) is 40.6 Å². The smallest absolute Gasteiger partial charge is 0.260 e. The van der Waals surface area contributed by atoms with Gasteiger partial charge in [0.05, 0.1) is 15.3 Å². The van der Waals surface area contributed by atoms with Crippen LogP contribution in [0, 0.1) is 0 Å². The van der Waals surface area contributed by atoms with Crippen LogP contribution in [0.25, 0.3) is 10.2 Å². The van der Waals surface area contributed by atoms with Crippen molar-refractivity contribution in [2.24, 2.45) is 0 Å². The van der Waals surface area contributed by atoms with Crippen molar-refractivity contribution in [2.45, 2.75) is 0 Å². The lowest BCUT2D eigenvalue weighted by Gasteiger charge is -2.02. The van der Waals surface area contributed by atoms with Crippen molar-refractivity contribution >= 4 is 55.8 Å². The van der Waals surface area contributed by atoms with Crippen LogP contribution in [-0.2, 0) is 0 Å². The van der Waals surface area contributed by atoms with Gasteiger partial charge >= 0.3 is 0 Å². The second-order valence-corrected chi connectivity index (χ2v) is 5.70. The standard InChI is InChI=1S/C13H7Cl2N3OS/c14-8-4-1-5-9-10(8)17-13(20-9)18-12(19)7-3-2-6-16-11(7)15/h1-6H,(H,17,18,19). The zero-order valence-corrected chi connectivity index (χ0v) is 12.3. The summed E-state index contributed by atoms with van der Waals surface area (Å²) in [4.78, 5) is 20.3. The summed E-state index contributed by atoms with van der Waals surface area (Å²) in [7, 11) is 0. The van der Waals surface area contributed by atoms with Crippen molar-refractivity contribution in [3.05, 3.63) is 52.3 Å². The number of nitrogens with one attached hydrogen (secondary N) is 1. The number of pyridine rings is 1. The van der Waals surface area contributed by atoms with Crippen LogP contribution in [0.2, 0.25) is 10.2 Å². The quantitative estimate of drug-likeness (QED) is 0.717. The van der Waals surface area contributed by atoms with Gasteiger partial charge < -0.3 is 0 Å². The Morgan fingerprint density at radius 3 is 2.80 bits per heavy atom. The minimum Gasteiger partial charge on any atom is -0.298 e. The molecule has 0 radical (unpaired) electrons. The lowest BCUT2D eigenvalue weighted by Crippen LogP contribution is -2.12. The maximum Gasteiger partial charge on any atom is 0.260 e. The molecule has 0 spiro atoms. The number of carbonyl (C=O) groups excluding carboxylic acids is 1. The molecular weight excluding hydrogens is 317 g/mol. The van der Waals surface area contributed by atoms with Gasteiger partial charge in [0.25, 0.3) is 5.91 Å². The zero-order chi connectivity index (χ0) is 14.1. The van der Waals surface area contributed by atoms with Gasteiger partial charge in [0.2, 0.25) is 0 Å². The zero-order valence-electron chi connectivity index (χ0n) is 9.93. The van der Waals surface area contributed by atoms with Gasteiger partial charge in [-0.25, -0.2) is 9.97 Å². The molecule has 3 aromatic rings. The van der Waals surface area contributed by atoms with Crippen molar-refractivity contribution in [3.8, 4) is 0 Å². The molecule has 100 valence electrons. The Morgan fingerprint density at radius 1 is 1.20 bits per heavy atom. The van der Waals surface area contributed by atoms with Gasteiger partial charge in [-0.3, -0.25) is 10.1 Å². The maximum atomic E-state index is 12.1. The Balaban J connectivity index is 1.92. The summed E-state index contributed by atoms with van der Waals surface area (Å²) in [6, 6.07) is 8.74. The maximum absolute atomic E-state index is 12.1. The molecule has 1 aromatic carbocycles. The number of halogens is 2. The van der Waals surface area contributed by atoms with E-state index in [1.165, 1.54) is 17.5 Å². The number of hydrogen-bond donors (Lipinski definition) is 1. The van der Waals surface area contributed by atoms with Crippen LogP contribution in [0.1, 0.15) is 10.4 Å². The van der Waals surface area contributed by atoms with Crippen molar-refractivity contribution in [1.29, 1.82) is 0 Å². The Hall–Kier alpha value is -1.69. The molecule has 0 aliphatic rings. The number of amides is 1. The summed E-state index contributed by atoms with van der Waals surface area (Å²) in [6.07, 6.45) is 1.52. The Labute approximate surface area is 128 Å². The molecule has 2 aromatic heterocycles. The molecule has 0 aliphatic carbocycles. The van der Waals surface area contributed by atoms with Gasteiger partial charge in [-0.05, 0) is 24.3 Å². The fraction of sp³-hybridized carbons (Fsp3) is 0. The predicted molar refractivity (Wildman–Crippen MR) is 81.8 cm³/mol. The van der Waals surface area contributed by atoms with Crippen molar-refractivity contribution < 1.29 is 4.79 Å². The highest BCUT2D eigenvalue weighted by Gasteiger charge is 2.14. The minimum absolute atomic E-state index is 0.157. The highest BCUT2D eigenvalue weighted by Crippen LogP contribution is 2.31. The van der Waals surface area contributed by atoms with E-state index in [1.807, 2.05) is 12.1 Å². The van der Waals surface area contributed by atoms with E-state index in [9.17, 15) is 4.79 Å². The van der Waals surface area contributed by atoms with E-state index < -0.39 is 0 Å². The number of hydrogen-bond acceptors (Lipinski definition) is 4. The van der Waals surface area contributed by atoms with Gasteiger partial charge in [0.15, 0.2) is 5.13 Å². The lowest BCUT2D eigenvalue weighted by atomic mass is 10.3. The predicted octanol–water partition coefficient (Wildman–Crippen LogP) is 4.25. The average molecular weight is 324 g/mol. The molecule has 1 N–H and O–H groups in total. The third-order valence-electron chi connectivity index (χ3n) is 2.59. The summed E-state index contributed by atoms with van der Waals surface area (Å²) in [6.45, 7) is 0. The number of fused-ring (bicyclic) bond motifs is 1. The molecule has 4 nitrogen and oxygen atoms in total. The number of thiazole rings is 1. The molecule has 0 atom stereocenters. The summed E-state index contributed by atoms with van der Waals surface area (Å²) < 4.78 is 0.907. The number of aromatic nitrogens is 2. The lowest BCUT2D eigenvalue weighted by molar-refractivity contribution is 0.102. The molecular formula is C13H7Cl2N3OS. The molecule has 0 fully saturated rings. The average Bonchev–Trinajstić information content (AvgIpc) is 2.83. The second-order valence-electron chi connectivity index (χ2n) is 3.90. The number of carbonyl (C=O) groups is 1. The van der Waals surface area contributed by atoms with Gasteiger partial charge in [-0.15, -0.1) is 0 Å². The molecule has 0 unspecified atom stereocenters. The highest BCUT2D eigenvalue weighted by molar-refractivity contribution is 7.22. The summed E-state index contributed by atoms with van der Waals surface area (Å²) in [5.74, 6) is -0.349. The monoisotopic (exact) mass is 323 g/mol. The number of anilines is 1. The molecule has 2 heterocycles. The van der Waals surface area contributed by atoms with E-state index in [1.54, 1.807) is 18.2 Å². The summed E-state index contributed by atoms with van der Waals surface area (Å²) >= 11 is 13.3. The first kappa shape index (κ1) is 13.3. The van der Waals surface area contributed by atoms with E-state index in [-0.39, 0.29) is 11.1 Å². The van der Waals surface area contributed by atoms with Gasteiger partial charge in [-0.2, -0.15) is 0 Å². The fourth-order valence-corrected chi connectivity index (χ4v) is 3.05. The van der Waals surface area contributed by atoms with Crippen molar-refractivity contribution in [2.75, 3.05) is 5.32 Å². The van der Waals surface area contributed by atoms with Crippen LogP contribution in [0.4, 0.5) is 5.13 Å². The van der Waals surface area contributed by atoms with Crippen molar-refractivity contribution in [1.82, 2.24) is 9.97 Å². The molecule has 0 bridgehead atoms. The van der Waals surface area contributed by atoms with Crippen LogP contribution in [-0.4, -0.2) is 15.9 Å². The number of rotatable bonds is 2. The van der Waals surface area contributed by atoms with Crippen LogP contribution in [0.5, 0.6) is 0 Å². The first-order valence-electron chi connectivity index (χ1n) is 5.62. The summed E-state index contributed by atoms with van der Waals surface area (Å²) in [5, 5.41) is 3.88. The van der Waals surface area contributed by atoms with Crippen molar-refractivity contribution in [3.63, 3.8) is 0 Å². The molecule has 0 saturated heterocycles. The Kier molecular flexibility index (Phi) is 3.56. The number of nitrogens with zero attached hydrogens (tertiary/aromatic N) is 2. The minimum atomic E-state index is -0.349. The molecule has 3 rings (SSSR count). The molecule has 1 amide bonds. The third-order valence-corrected chi connectivity index (χ3v) is 4.14. The molecule has 0 saturated carbocycles. The van der Waals surface area contributed by atoms with E-state index in [2.05, 4.69) is 15.3 Å². The number of para-hydroxylation sites is 1. The van der Waals surface area contributed by atoms with E-state index >= 15 is 0 Å². The topological polar surface area (TPSA) is 54.9 Å². The molecule has 7 heteroatoms. The second kappa shape index (κ2) is 5.36. The van der Waals surface area contributed by atoms with E-state index in [0.29, 0.717) is 21.2 Å². The first-order valence-corrected chi connectivity index (χ1v) is 7.19. The molecule has 0 aliphatic heterocycles. The number of benzene rings is 1. The fourth-order valence-electron chi connectivity index (χ4n) is 1.69. The normalized spacial score (nSPS) is 10.7. The van der Waals surface area contributed by atoms with Crippen LogP contribution < -0.4 is 5.32 Å². The Morgan fingerprint density at radius 2 is 2.05 bits per heavy atom.